The molecule has 2 rings (SSSR count). The fourth-order valence-corrected chi connectivity index (χ4v) is 2.75. The molecular formula is C21H26N2O2. The monoisotopic (exact) mass is 338 g/mol. The number of aldehydes is 1. The molecule has 0 spiro atoms. The lowest BCUT2D eigenvalue weighted by molar-refractivity contribution is 0.0723. The van der Waals surface area contributed by atoms with Crippen molar-refractivity contribution in [3.8, 4) is 0 Å². The first-order chi connectivity index (χ1) is 12.2. The molecule has 0 aliphatic heterocycles. The third-order valence-electron chi connectivity index (χ3n) is 4.38. The second kappa shape index (κ2) is 9.74. The number of nitrogens with zero attached hydrogens (tertiary/aromatic N) is 2. The van der Waals surface area contributed by atoms with E-state index in [4.69, 9.17) is 0 Å². The van der Waals surface area contributed by atoms with Gasteiger partial charge in [-0.1, -0.05) is 56.3 Å². The highest BCUT2D eigenvalue weighted by Crippen LogP contribution is 2.11. The highest BCUT2D eigenvalue weighted by molar-refractivity contribution is 5.94. The molecule has 0 radical (unpaired) electrons. The van der Waals surface area contributed by atoms with Crippen molar-refractivity contribution in [2.45, 2.75) is 20.4 Å². The summed E-state index contributed by atoms with van der Waals surface area (Å²) in [5, 5.41) is 0. The zero-order valence-corrected chi connectivity index (χ0v) is 15.0. The highest BCUT2D eigenvalue weighted by atomic mass is 16.2. The fraction of sp³-hybridized carbons (Fsp3) is 0.333. The van der Waals surface area contributed by atoms with Crippen molar-refractivity contribution >= 4 is 12.2 Å². The van der Waals surface area contributed by atoms with E-state index in [1.165, 1.54) is 0 Å². The van der Waals surface area contributed by atoms with Gasteiger partial charge in [-0.05, 0) is 30.8 Å². The molecule has 4 heteroatoms. The van der Waals surface area contributed by atoms with Crippen LogP contribution in [-0.4, -0.2) is 48.2 Å². The maximum atomic E-state index is 13.0. The van der Waals surface area contributed by atoms with Gasteiger partial charge < -0.3 is 9.80 Å². The molecule has 0 saturated carbocycles. The van der Waals surface area contributed by atoms with E-state index < -0.39 is 0 Å². The second-order valence-corrected chi connectivity index (χ2v) is 5.98. The van der Waals surface area contributed by atoms with E-state index in [1.807, 2.05) is 35.2 Å². The molecule has 25 heavy (non-hydrogen) atoms. The van der Waals surface area contributed by atoms with Gasteiger partial charge in [0.2, 0.25) is 0 Å². The first kappa shape index (κ1) is 18.9. The van der Waals surface area contributed by atoms with E-state index in [0.717, 1.165) is 31.5 Å². The third-order valence-corrected chi connectivity index (χ3v) is 4.38. The van der Waals surface area contributed by atoms with E-state index in [2.05, 4.69) is 18.7 Å². The van der Waals surface area contributed by atoms with Crippen molar-refractivity contribution in [1.29, 1.82) is 0 Å². The topological polar surface area (TPSA) is 40.6 Å². The number of hydrogen-bond donors (Lipinski definition) is 0. The van der Waals surface area contributed by atoms with Crippen LogP contribution in [0.2, 0.25) is 0 Å². The van der Waals surface area contributed by atoms with Gasteiger partial charge in [0.25, 0.3) is 5.91 Å². The maximum Gasteiger partial charge on any atom is 0.254 e. The minimum atomic E-state index is -0.00606. The van der Waals surface area contributed by atoms with Gasteiger partial charge in [0.15, 0.2) is 0 Å². The van der Waals surface area contributed by atoms with Crippen LogP contribution in [0, 0.1) is 0 Å². The Morgan fingerprint density at radius 3 is 2.12 bits per heavy atom. The third kappa shape index (κ3) is 5.54. The van der Waals surface area contributed by atoms with Crippen molar-refractivity contribution in [2.75, 3.05) is 26.2 Å². The summed E-state index contributed by atoms with van der Waals surface area (Å²) >= 11 is 0. The molecule has 1 amide bonds. The van der Waals surface area contributed by atoms with Crippen molar-refractivity contribution in [3.05, 3.63) is 71.3 Å². The van der Waals surface area contributed by atoms with Gasteiger partial charge in [0, 0.05) is 30.8 Å². The van der Waals surface area contributed by atoms with Gasteiger partial charge in [-0.15, -0.1) is 0 Å². The minimum absolute atomic E-state index is 0.00606. The molecule has 0 N–H and O–H groups in total. The molecule has 2 aromatic rings. The Morgan fingerprint density at radius 1 is 0.920 bits per heavy atom. The maximum absolute atomic E-state index is 13.0. The van der Waals surface area contributed by atoms with Crippen LogP contribution in [0.5, 0.6) is 0 Å². The van der Waals surface area contributed by atoms with Crippen LogP contribution in [0.3, 0.4) is 0 Å². The lowest BCUT2D eigenvalue weighted by atomic mass is 10.1. The average molecular weight is 338 g/mol. The standard InChI is InChI=1S/C21H26N2O2/c1-3-22(4-2)14-15-23(16-18-8-6-5-7-9-18)21(25)20-12-10-19(17-24)11-13-20/h5-13,17H,3-4,14-16H2,1-2H3. The number of amides is 1. The molecule has 2 aromatic carbocycles. The number of benzene rings is 2. The Labute approximate surface area is 150 Å². The molecule has 0 saturated heterocycles. The Bertz CT molecular complexity index is 664. The average Bonchev–Trinajstić information content (AvgIpc) is 2.68. The number of carbonyl (C=O) groups excluding carboxylic acids is 2. The molecule has 0 aliphatic carbocycles. The summed E-state index contributed by atoms with van der Waals surface area (Å²) < 4.78 is 0. The lowest BCUT2D eigenvalue weighted by Crippen LogP contribution is -2.38. The van der Waals surface area contributed by atoms with Gasteiger partial charge in [0.1, 0.15) is 6.29 Å². The van der Waals surface area contributed by atoms with E-state index in [9.17, 15) is 9.59 Å². The van der Waals surface area contributed by atoms with Gasteiger partial charge in [-0.25, -0.2) is 0 Å². The molecule has 0 aromatic heterocycles. The Balaban J connectivity index is 2.16. The second-order valence-electron chi connectivity index (χ2n) is 5.98. The summed E-state index contributed by atoms with van der Waals surface area (Å²) in [7, 11) is 0. The van der Waals surface area contributed by atoms with Gasteiger partial charge in [0.05, 0.1) is 0 Å². The highest BCUT2D eigenvalue weighted by Gasteiger charge is 2.17. The van der Waals surface area contributed by atoms with Gasteiger partial charge in [-0.3, -0.25) is 9.59 Å². The first-order valence-electron chi connectivity index (χ1n) is 8.78. The first-order valence-corrected chi connectivity index (χ1v) is 8.78. The summed E-state index contributed by atoms with van der Waals surface area (Å²) in [6.07, 6.45) is 0.788. The number of hydrogen-bond acceptors (Lipinski definition) is 3. The van der Waals surface area contributed by atoms with Crippen LogP contribution in [0.4, 0.5) is 0 Å². The SMILES string of the molecule is CCN(CC)CCN(Cc1ccccc1)C(=O)c1ccc(C=O)cc1. The van der Waals surface area contributed by atoms with Crippen LogP contribution in [0.15, 0.2) is 54.6 Å². The Hall–Kier alpha value is -2.46. The van der Waals surface area contributed by atoms with E-state index in [0.29, 0.717) is 24.2 Å². The molecule has 4 nitrogen and oxygen atoms in total. The van der Waals surface area contributed by atoms with Crippen molar-refractivity contribution in [3.63, 3.8) is 0 Å². The van der Waals surface area contributed by atoms with Gasteiger partial charge in [-0.2, -0.15) is 0 Å². The van der Waals surface area contributed by atoms with Crippen molar-refractivity contribution < 1.29 is 9.59 Å². The summed E-state index contributed by atoms with van der Waals surface area (Å²) in [4.78, 5) is 27.9. The minimum Gasteiger partial charge on any atom is -0.333 e. The summed E-state index contributed by atoms with van der Waals surface area (Å²) in [6.45, 7) is 8.30. The fourth-order valence-electron chi connectivity index (χ4n) is 2.75. The summed E-state index contributed by atoms with van der Waals surface area (Å²) in [5.74, 6) is -0.00606. The molecule has 0 bridgehead atoms. The normalized spacial score (nSPS) is 10.7. The predicted molar refractivity (Wildman–Crippen MR) is 101 cm³/mol. The smallest absolute Gasteiger partial charge is 0.254 e. The molecule has 0 aliphatic rings. The zero-order valence-electron chi connectivity index (χ0n) is 15.0. The van der Waals surface area contributed by atoms with Crippen LogP contribution in [-0.2, 0) is 6.54 Å². The van der Waals surface area contributed by atoms with E-state index in [1.54, 1.807) is 24.3 Å². The summed E-state index contributed by atoms with van der Waals surface area (Å²) in [6, 6.07) is 16.8. The molecular weight excluding hydrogens is 312 g/mol. The number of likely N-dealkylation sites (N-methyl/N-ethyl adjacent to an activating group) is 1. The molecule has 0 atom stereocenters. The molecule has 0 unspecified atom stereocenters. The lowest BCUT2D eigenvalue weighted by Gasteiger charge is -2.27. The zero-order chi connectivity index (χ0) is 18.1. The van der Waals surface area contributed by atoms with Gasteiger partial charge >= 0.3 is 0 Å². The summed E-state index contributed by atoms with van der Waals surface area (Å²) in [5.41, 5.74) is 2.30. The van der Waals surface area contributed by atoms with Crippen LogP contribution >= 0.6 is 0 Å². The molecule has 0 fully saturated rings. The van der Waals surface area contributed by atoms with Crippen LogP contribution in [0.25, 0.3) is 0 Å². The number of carbonyl (C=O) groups is 2. The Kier molecular flexibility index (Phi) is 7.36. The Morgan fingerprint density at radius 2 is 1.56 bits per heavy atom. The van der Waals surface area contributed by atoms with Crippen molar-refractivity contribution in [1.82, 2.24) is 9.80 Å². The number of rotatable bonds is 9. The largest absolute Gasteiger partial charge is 0.333 e. The molecule has 0 heterocycles. The molecule has 132 valence electrons. The van der Waals surface area contributed by atoms with Crippen LogP contribution < -0.4 is 0 Å². The predicted octanol–water partition coefficient (Wildman–Crippen LogP) is 3.48. The van der Waals surface area contributed by atoms with Crippen LogP contribution in [0.1, 0.15) is 40.1 Å². The van der Waals surface area contributed by atoms with Crippen molar-refractivity contribution in [2.24, 2.45) is 0 Å². The van der Waals surface area contributed by atoms with E-state index in [-0.39, 0.29) is 5.91 Å². The van der Waals surface area contributed by atoms with E-state index >= 15 is 0 Å². The quantitative estimate of drug-likeness (QED) is 0.657.